The molecule has 3 saturated carbocycles. The second-order valence-electron chi connectivity index (χ2n) is 7.29. The maximum atomic E-state index is 10.3. The summed E-state index contributed by atoms with van der Waals surface area (Å²) in [5, 5.41) is 30.5. The first-order valence-corrected chi connectivity index (χ1v) is 7.42. The van der Waals surface area contributed by atoms with E-state index in [0.717, 1.165) is 12.8 Å². The lowest BCUT2D eigenvalue weighted by atomic mass is 9.59. The quantitative estimate of drug-likeness (QED) is 0.695. The van der Waals surface area contributed by atoms with E-state index in [2.05, 4.69) is 20.8 Å². The molecule has 0 amide bonds. The van der Waals surface area contributed by atoms with E-state index in [4.69, 9.17) is 0 Å². The van der Waals surface area contributed by atoms with Gasteiger partial charge >= 0.3 is 0 Å². The minimum Gasteiger partial charge on any atom is -0.396 e. The van der Waals surface area contributed by atoms with Crippen LogP contribution in [-0.2, 0) is 0 Å². The predicted octanol–water partition coefficient (Wildman–Crippen LogP) is 1.26. The van der Waals surface area contributed by atoms with Crippen LogP contribution >= 0.6 is 0 Å². The third-order valence-corrected chi connectivity index (χ3v) is 6.71. The molecule has 3 aliphatic rings. The van der Waals surface area contributed by atoms with E-state index in [-0.39, 0.29) is 23.9 Å². The fourth-order valence-corrected chi connectivity index (χ4v) is 5.85. The van der Waals surface area contributed by atoms with Crippen LogP contribution in [0.25, 0.3) is 0 Å². The van der Waals surface area contributed by atoms with Crippen LogP contribution in [0.2, 0.25) is 0 Å². The molecule has 3 N–H and O–H groups in total. The Morgan fingerprint density at radius 3 is 2.39 bits per heavy atom. The van der Waals surface area contributed by atoms with Gasteiger partial charge in [-0.15, -0.1) is 0 Å². The van der Waals surface area contributed by atoms with Crippen LogP contribution in [0.4, 0.5) is 0 Å². The van der Waals surface area contributed by atoms with Crippen molar-refractivity contribution in [1.29, 1.82) is 0 Å². The minimum atomic E-state index is -0.620. The van der Waals surface area contributed by atoms with Crippen molar-refractivity contribution < 1.29 is 15.3 Å². The summed E-state index contributed by atoms with van der Waals surface area (Å²) in [4.78, 5) is 0. The van der Waals surface area contributed by atoms with E-state index in [1.807, 2.05) is 0 Å². The summed E-state index contributed by atoms with van der Waals surface area (Å²) in [6.07, 6.45) is 0.952. The Balaban J connectivity index is 2.04. The summed E-state index contributed by atoms with van der Waals surface area (Å²) in [5.74, 6) is 2.23. The molecule has 3 heteroatoms. The second kappa shape index (κ2) is 3.94. The maximum absolute atomic E-state index is 10.3. The maximum Gasteiger partial charge on any atom is 0.0839 e. The Hall–Kier alpha value is -0.120. The summed E-state index contributed by atoms with van der Waals surface area (Å²) in [7, 11) is 0. The second-order valence-corrected chi connectivity index (χ2v) is 7.29. The van der Waals surface area contributed by atoms with Crippen molar-refractivity contribution in [1.82, 2.24) is 0 Å². The Kier molecular flexibility index (Phi) is 2.82. The molecule has 0 heterocycles. The Morgan fingerprint density at radius 2 is 1.83 bits per heavy atom. The molecule has 3 fully saturated rings. The summed E-state index contributed by atoms with van der Waals surface area (Å²) in [6.45, 7) is 6.84. The van der Waals surface area contributed by atoms with Crippen LogP contribution in [0.15, 0.2) is 0 Å². The van der Waals surface area contributed by atoms with E-state index in [1.165, 1.54) is 0 Å². The molecular weight excluding hydrogens is 228 g/mol. The predicted molar refractivity (Wildman–Crippen MR) is 68.7 cm³/mol. The topological polar surface area (TPSA) is 60.7 Å². The summed E-state index contributed by atoms with van der Waals surface area (Å²) in [6, 6.07) is 0. The van der Waals surface area contributed by atoms with Crippen molar-refractivity contribution in [2.75, 3.05) is 6.61 Å². The highest BCUT2D eigenvalue weighted by molar-refractivity contribution is 5.19. The number of rotatable bonds is 2. The van der Waals surface area contributed by atoms with Gasteiger partial charge < -0.3 is 15.3 Å². The average molecular weight is 254 g/mol. The lowest BCUT2D eigenvalue weighted by Crippen LogP contribution is -2.51. The van der Waals surface area contributed by atoms with Crippen LogP contribution in [-0.4, -0.2) is 34.1 Å². The van der Waals surface area contributed by atoms with E-state index >= 15 is 0 Å². The Labute approximate surface area is 109 Å². The van der Waals surface area contributed by atoms with Crippen molar-refractivity contribution in [3.63, 3.8) is 0 Å². The smallest absolute Gasteiger partial charge is 0.0839 e. The molecule has 0 aromatic rings. The van der Waals surface area contributed by atoms with E-state index in [9.17, 15) is 15.3 Å². The van der Waals surface area contributed by atoms with Crippen LogP contribution < -0.4 is 0 Å². The molecule has 3 nitrogen and oxygen atoms in total. The van der Waals surface area contributed by atoms with Crippen LogP contribution in [0, 0.1) is 40.9 Å². The van der Waals surface area contributed by atoms with Gasteiger partial charge in [-0.3, -0.25) is 0 Å². The van der Waals surface area contributed by atoms with Crippen molar-refractivity contribution in [3.8, 4) is 0 Å². The van der Waals surface area contributed by atoms with Gasteiger partial charge in [0.1, 0.15) is 0 Å². The monoisotopic (exact) mass is 254 g/mol. The van der Waals surface area contributed by atoms with Gasteiger partial charge in [-0.05, 0) is 48.3 Å². The van der Waals surface area contributed by atoms with Crippen molar-refractivity contribution >= 4 is 0 Å². The molecule has 4 unspecified atom stereocenters. The molecule has 0 radical (unpaired) electrons. The van der Waals surface area contributed by atoms with Gasteiger partial charge in [-0.1, -0.05) is 20.8 Å². The summed E-state index contributed by atoms with van der Waals surface area (Å²) in [5.41, 5.74) is -0.126. The zero-order valence-electron chi connectivity index (χ0n) is 11.6. The first-order chi connectivity index (χ1) is 8.45. The van der Waals surface area contributed by atoms with Gasteiger partial charge in [0.25, 0.3) is 0 Å². The highest BCUT2D eigenvalue weighted by Gasteiger charge is 2.71. The standard InChI is InChI=1S/C15H26O3/c1-7(2)9-4-5-15(6-16)8(3)10-11(9)12(15)14(18)13(10)17/h7-14,16-18H,4-6H2,1-3H3/t8?,9-,10+,11?,12-,13?,14?,15+/m1/s1. The molecule has 0 saturated heterocycles. The first-order valence-electron chi connectivity index (χ1n) is 7.42. The van der Waals surface area contributed by atoms with Crippen LogP contribution in [0.5, 0.6) is 0 Å². The molecule has 8 atom stereocenters. The summed E-state index contributed by atoms with van der Waals surface area (Å²) >= 11 is 0. The first kappa shape index (κ1) is 12.9. The zero-order valence-corrected chi connectivity index (χ0v) is 11.6. The fourth-order valence-electron chi connectivity index (χ4n) is 5.85. The van der Waals surface area contributed by atoms with E-state index in [1.54, 1.807) is 0 Å². The highest BCUT2D eigenvalue weighted by Crippen LogP contribution is 2.70. The number of aliphatic hydroxyl groups is 3. The molecule has 0 spiro atoms. The molecule has 4 bridgehead atoms. The van der Waals surface area contributed by atoms with Gasteiger partial charge in [0, 0.05) is 12.0 Å². The normalized spacial score (nSPS) is 58.5. The highest BCUT2D eigenvalue weighted by atomic mass is 16.3. The van der Waals surface area contributed by atoms with Crippen LogP contribution in [0.3, 0.4) is 0 Å². The third-order valence-electron chi connectivity index (χ3n) is 6.71. The lowest BCUT2D eigenvalue weighted by molar-refractivity contribution is -0.119. The number of hydrogen-bond donors (Lipinski definition) is 3. The van der Waals surface area contributed by atoms with Gasteiger partial charge in [0.15, 0.2) is 0 Å². The SMILES string of the molecule is CC(C)[C@H]1CC[C@]2(CO)C(C)[C@@H]3C(O)C(O)[C@H]2C13. The van der Waals surface area contributed by atoms with E-state index < -0.39 is 12.2 Å². The fraction of sp³-hybridized carbons (Fsp3) is 1.00. The Morgan fingerprint density at radius 1 is 1.17 bits per heavy atom. The van der Waals surface area contributed by atoms with Crippen LogP contribution in [0.1, 0.15) is 33.6 Å². The van der Waals surface area contributed by atoms with Crippen molar-refractivity contribution in [3.05, 3.63) is 0 Å². The molecule has 0 aromatic heterocycles. The average Bonchev–Trinajstić information content (AvgIpc) is 2.68. The zero-order chi connectivity index (χ0) is 13.2. The number of aliphatic hydroxyl groups excluding tert-OH is 3. The van der Waals surface area contributed by atoms with Gasteiger partial charge in [-0.25, -0.2) is 0 Å². The molecule has 3 aliphatic carbocycles. The summed E-state index contributed by atoms with van der Waals surface area (Å²) < 4.78 is 0. The molecule has 104 valence electrons. The third kappa shape index (κ3) is 1.26. The van der Waals surface area contributed by atoms with Gasteiger partial charge in [0.05, 0.1) is 12.2 Å². The molecule has 3 rings (SSSR count). The van der Waals surface area contributed by atoms with Gasteiger partial charge in [0.2, 0.25) is 0 Å². The van der Waals surface area contributed by atoms with E-state index in [0.29, 0.717) is 23.7 Å². The number of hydrogen-bond acceptors (Lipinski definition) is 3. The molecule has 0 aromatic carbocycles. The largest absolute Gasteiger partial charge is 0.396 e. The van der Waals surface area contributed by atoms with Gasteiger partial charge in [-0.2, -0.15) is 0 Å². The lowest BCUT2D eigenvalue weighted by Gasteiger charge is -2.48. The van der Waals surface area contributed by atoms with Crippen molar-refractivity contribution in [2.45, 2.75) is 45.8 Å². The molecule has 0 aliphatic heterocycles. The molecule has 18 heavy (non-hydrogen) atoms. The Bertz CT molecular complexity index is 343. The molecular formula is C15H26O3. The minimum absolute atomic E-state index is 0.110. The van der Waals surface area contributed by atoms with Crippen molar-refractivity contribution in [2.24, 2.45) is 40.9 Å².